The Kier molecular flexibility index (Phi) is 7.28. The molecule has 2 aliphatic heterocycles. The summed E-state index contributed by atoms with van der Waals surface area (Å²) in [7, 11) is 0. The van der Waals surface area contributed by atoms with Gasteiger partial charge in [0.1, 0.15) is 0 Å². The summed E-state index contributed by atoms with van der Waals surface area (Å²) in [6, 6.07) is 0.784. The third kappa shape index (κ3) is 5.32. The standard InChI is InChI=1S/C16H32N2O2/c1-15-5-2-3-8-18(15)14-16-6-4-7-17(13-16)9-11-20-12-10-19/h15-16,19H,2-14H2,1H3. The van der Waals surface area contributed by atoms with Crippen LogP contribution in [0, 0.1) is 5.92 Å². The quantitative estimate of drug-likeness (QED) is 0.720. The molecule has 2 unspecified atom stereocenters. The number of piperidine rings is 2. The second-order valence-corrected chi connectivity index (χ2v) is 6.48. The first-order chi connectivity index (χ1) is 9.79. The number of aliphatic hydroxyl groups is 1. The van der Waals surface area contributed by atoms with E-state index in [1.165, 1.54) is 58.3 Å². The van der Waals surface area contributed by atoms with Gasteiger partial charge in [-0.2, -0.15) is 0 Å². The van der Waals surface area contributed by atoms with E-state index in [1.807, 2.05) is 0 Å². The van der Waals surface area contributed by atoms with E-state index in [2.05, 4.69) is 16.7 Å². The Labute approximate surface area is 124 Å². The van der Waals surface area contributed by atoms with Crippen LogP contribution in [0.5, 0.6) is 0 Å². The van der Waals surface area contributed by atoms with E-state index in [-0.39, 0.29) is 6.61 Å². The molecule has 2 saturated heterocycles. The van der Waals surface area contributed by atoms with Gasteiger partial charge in [-0.25, -0.2) is 0 Å². The summed E-state index contributed by atoms with van der Waals surface area (Å²) < 4.78 is 5.39. The lowest BCUT2D eigenvalue weighted by Crippen LogP contribution is -2.46. The van der Waals surface area contributed by atoms with Crippen molar-refractivity contribution in [2.45, 2.75) is 45.1 Å². The summed E-state index contributed by atoms with van der Waals surface area (Å²) in [5.41, 5.74) is 0. The van der Waals surface area contributed by atoms with Gasteiger partial charge in [0, 0.05) is 25.7 Å². The zero-order valence-electron chi connectivity index (χ0n) is 13.1. The predicted octanol–water partition coefficient (Wildman–Crippen LogP) is 1.58. The third-order valence-corrected chi connectivity index (χ3v) is 4.82. The van der Waals surface area contributed by atoms with Gasteiger partial charge >= 0.3 is 0 Å². The molecule has 118 valence electrons. The van der Waals surface area contributed by atoms with Crippen LogP contribution in [0.25, 0.3) is 0 Å². The van der Waals surface area contributed by atoms with Crippen LogP contribution in [0.2, 0.25) is 0 Å². The van der Waals surface area contributed by atoms with Gasteiger partial charge in [-0.3, -0.25) is 0 Å². The number of hydrogen-bond donors (Lipinski definition) is 1. The molecular formula is C16H32N2O2. The molecule has 2 fully saturated rings. The maximum atomic E-state index is 8.71. The molecule has 0 bridgehead atoms. The van der Waals surface area contributed by atoms with Gasteiger partial charge in [0.15, 0.2) is 0 Å². The van der Waals surface area contributed by atoms with Crippen molar-refractivity contribution in [3.05, 3.63) is 0 Å². The topological polar surface area (TPSA) is 35.9 Å². The molecular weight excluding hydrogens is 252 g/mol. The lowest BCUT2D eigenvalue weighted by atomic mass is 9.95. The molecule has 4 heteroatoms. The van der Waals surface area contributed by atoms with Gasteiger partial charge in [0.05, 0.1) is 19.8 Å². The number of ether oxygens (including phenoxy) is 1. The lowest BCUT2D eigenvalue weighted by molar-refractivity contribution is 0.0523. The molecule has 0 aliphatic carbocycles. The number of hydrogen-bond acceptors (Lipinski definition) is 4. The summed E-state index contributed by atoms with van der Waals surface area (Å²) in [4.78, 5) is 5.25. The summed E-state index contributed by atoms with van der Waals surface area (Å²) in [5.74, 6) is 0.835. The minimum atomic E-state index is 0.134. The fourth-order valence-corrected chi connectivity index (χ4v) is 3.62. The van der Waals surface area contributed by atoms with Crippen molar-refractivity contribution in [3.8, 4) is 0 Å². The van der Waals surface area contributed by atoms with Gasteiger partial charge < -0.3 is 19.6 Å². The highest BCUT2D eigenvalue weighted by molar-refractivity contribution is 4.80. The molecule has 0 aromatic rings. The Bertz CT molecular complexity index is 263. The minimum Gasteiger partial charge on any atom is -0.394 e. The van der Waals surface area contributed by atoms with Crippen molar-refractivity contribution in [2.75, 3.05) is 52.5 Å². The Morgan fingerprint density at radius 2 is 2.00 bits per heavy atom. The molecule has 0 amide bonds. The zero-order chi connectivity index (χ0) is 14.2. The first-order valence-corrected chi connectivity index (χ1v) is 8.44. The summed E-state index contributed by atoms with van der Waals surface area (Å²) >= 11 is 0. The van der Waals surface area contributed by atoms with E-state index in [0.717, 1.165) is 25.1 Å². The number of rotatable bonds is 7. The minimum absolute atomic E-state index is 0.134. The average molecular weight is 284 g/mol. The van der Waals surface area contributed by atoms with Crippen molar-refractivity contribution in [1.29, 1.82) is 0 Å². The fourth-order valence-electron chi connectivity index (χ4n) is 3.62. The largest absolute Gasteiger partial charge is 0.394 e. The molecule has 4 nitrogen and oxygen atoms in total. The van der Waals surface area contributed by atoms with Crippen LogP contribution in [0.4, 0.5) is 0 Å². The maximum absolute atomic E-state index is 8.71. The van der Waals surface area contributed by atoms with Crippen LogP contribution in [0.15, 0.2) is 0 Å². The molecule has 0 saturated carbocycles. The monoisotopic (exact) mass is 284 g/mol. The molecule has 1 N–H and O–H groups in total. The van der Waals surface area contributed by atoms with Crippen molar-refractivity contribution in [2.24, 2.45) is 5.92 Å². The Balaban J connectivity index is 1.67. The molecule has 0 aromatic heterocycles. The van der Waals surface area contributed by atoms with Gasteiger partial charge in [0.2, 0.25) is 0 Å². The number of nitrogens with zero attached hydrogens (tertiary/aromatic N) is 2. The smallest absolute Gasteiger partial charge is 0.0698 e. The second kappa shape index (κ2) is 8.98. The van der Waals surface area contributed by atoms with Crippen LogP contribution >= 0.6 is 0 Å². The molecule has 2 atom stereocenters. The van der Waals surface area contributed by atoms with Crippen LogP contribution in [0.1, 0.15) is 39.0 Å². The molecule has 2 aliphatic rings. The van der Waals surface area contributed by atoms with E-state index in [9.17, 15) is 0 Å². The highest BCUT2D eigenvalue weighted by Gasteiger charge is 2.25. The normalized spacial score (nSPS) is 29.7. The van der Waals surface area contributed by atoms with Crippen molar-refractivity contribution in [3.63, 3.8) is 0 Å². The van der Waals surface area contributed by atoms with Gasteiger partial charge in [-0.1, -0.05) is 6.42 Å². The van der Waals surface area contributed by atoms with E-state index >= 15 is 0 Å². The van der Waals surface area contributed by atoms with E-state index in [0.29, 0.717) is 6.61 Å². The Morgan fingerprint density at radius 3 is 2.80 bits per heavy atom. The van der Waals surface area contributed by atoms with Crippen molar-refractivity contribution < 1.29 is 9.84 Å². The average Bonchev–Trinajstić information content (AvgIpc) is 2.47. The van der Waals surface area contributed by atoms with Gasteiger partial charge in [-0.05, 0) is 51.6 Å². The molecule has 2 heterocycles. The van der Waals surface area contributed by atoms with Crippen LogP contribution in [0.3, 0.4) is 0 Å². The van der Waals surface area contributed by atoms with Crippen LogP contribution in [-0.4, -0.2) is 73.5 Å². The van der Waals surface area contributed by atoms with Gasteiger partial charge in [-0.15, -0.1) is 0 Å². The van der Waals surface area contributed by atoms with Crippen LogP contribution < -0.4 is 0 Å². The Hall–Kier alpha value is -0.160. The molecule has 0 radical (unpaired) electrons. The lowest BCUT2D eigenvalue weighted by Gasteiger charge is -2.39. The van der Waals surface area contributed by atoms with Crippen LogP contribution in [-0.2, 0) is 4.74 Å². The molecule has 0 spiro atoms. The number of likely N-dealkylation sites (tertiary alicyclic amines) is 2. The molecule has 0 aromatic carbocycles. The highest BCUT2D eigenvalue weighted by atomic mass is 16.5. The Morgan fingerprint density at radius 1 is 1.10 bits per heavy atom. The van der Waals surface area contributed by atoms with Crippen molar-refractivity contribution in [1.82, 2.24) is 9.80 Å². The third-order valence-electron chi connectivity index (χ3n) is 4.82. The summed E-state index contributed by atoms with van der Waals surface area (Å²) in [5, 5.41) is 8.71. The fraction of sp³-hybridized carbons (Fsp3) is 1.00. The number of aliphatic hydroxyl groups excluding tert-OH is 1. The first-order valence-electron chi connectivity index (χ1n) is 8.44. The summed E-state index contributed by atoms with van der Waals surface area (Å²) in [6.45, 7) is 9.81. The maximum Gasteiger partial charge on any atom is 0.0698 e. The summed E-state index contributed by atoms with van der Waals surface area (Å²) in [6.07, 6.45) is 6.89. The van der Waals surface area contributed by atoms with E-state index in [4.69, 9.17) is 9.84 Å². The first kappa shape index (κ1) is 16.2. The molecule has 2 rings (SSSR count). The van der Waals surface area contributed by atoms with Crippen molar-refractivity contribution >= 4 is 0 Å². The highest BCUT2D eigenvalue weighted by Crippen LogP contribution is 2.22. The SMILES string of the molecule is CC1CCCCN1CC1CCCN(CCOCCO)C1. The second-order valence-electron chi connectivity index (χ2n) is 6.48. The predicted molar refractivity (Wildman–Crippen MR) is 82.0 cm³/mol. The van der Waals surface area contributed by atoms with E-state index in [1.54, 1.807) is 0 Å². The van der Waals surface area contributed by atoms with Gasteiger partial charge in [0.25, 0.3) is 0 Å². The van der Waals surface area contributed by atoms with E-state index < -0.39 is 0 Å². The zero-order valence-corrected chi connectivity index (χ0v) is 13.1. The molecule has 20 heavy (non-hydrogen) atoms.